The normalized spacial score (nSPS) is 14.9. The number of carbonyl (C=O) groups is 2. The van der Waals surface area contributed by atoms with Gasteiger partial charge in [-0.05, 0) is 30.9 Å². The van der Waals surface area contributed by atoms with Crippen molar-refractivity contribution in [1.29, 1.82) is 0 Å². The summed E-state index contributed by atoms with van der Waals surface area (Å²) in [7, 11) is 0. The first kappa shape index (κ1) is 13.0. The summed E-state index contributed by atoms with van der Waals surface area (Å²) in [6.07, 6.45) is 3.41. The smallest absolute Gasteiger partial charge is 0.234 e. The first-order valence-electron chi connectivity index (χ1n) is 5.90. The molecule has 0 aromatic heterocycles. The molecule has 1 aliphatic rings. The molecule has 0 atom stereocenters. The van der Waals surface area contributed by atoms with Gasteiger partial charge in [0.1, 0.15) is 0 Å². The molecular formula is C13H16N2O2S. The maximum Gasteiger partial charge on any atom is 0.234 e. The van der Waals surface area contributed by atoms with E-state index in [1.807, 2.05) is 30.5 Å². The quantitative estimate of drug-likeness (QED) is 0.906. The average molecular weight is 264 g/mol. The van der Waals surface area contributed by atoms with Crippen LogP contribution in [-0.4, -0.2) is 30.4 Å². The fourth-order valence-corrected chi connectivity index (χ4v) is 2.34. The van der Waals surface area contributed by atoms with Gasteiger partial charge in [0, 0.05) is 24.3 Å². The molecule has 1 saturated heterocycles. The molecule has 1 aliphatic heterocycles. The van der Waals surface area contributed by atoms with Crippen LogP contribution in [0.4, 0.5) is 11.4 Å². The van der Waals surface area contributed by atoms with Gasteiger partial charge in [0.2, 0.25) is 11.8 Å². The van der Waals surface area contributed by atoms with E-state index in [9.17, 15) is 9.59 Å². The number of benzene rings is 1. The molecule has 0 saturated carbocycles. The van der Waals surface area contributed by atoms with Gasteiger partial charge >= 0.3 is 0 Å². The summed E-state index contributed by atoms with van der Waals surface area (Å²) >= 11 is 1.48. The zero-order valence-electron chi connectivity index (χ0n) is 10.3. The SMILES string of the molecule is CSCC(=O)Nc1cccc(N2CCCC2=O)c1. The van der Waals surface area contributed by atoms with E-state index < -0.39 is 0 Å². The van der Waals surface area contributed by atoms with Crippen LogP contribution in [0.3, 0.4) is 0 Å². The number of rotatable bonds is 4. The van der Waals surface area contributed by atoms with Crippen molar-refractivity contribution in [3.63, 3.8) is 0 Å². The third-order valence-electron chi connectivity index (χ3n) is 2.79. The fraction of sp³-hybridized carbons (Fsp3) is 0.385. The molecule has 1 heterocycles. The Morgan fingerprint density at radius 2 is 2.33 bits per heavy atom. The second-order valence-corrected chi connectivity index (χ2v) is 5.05. The van der Waals surface area contributed by atoms with Crippen molar-refractivity contribution in [1.82, 2.24) is 0 Å². The lowest BCUT2D eigenvalue weighted by molar-refractivity contribution is -0.117. The molecule has 0 radical (unpaired) electrons. The van der Waals surface area contributed by atoms with E-state index in [0.717, 1.165) is 24.3 Å². The molecule has 5 heteroatoms. The highest BCUT2D eigenvalue weighted by atomic mass is 32.2. The Balaban J connectivity index is 2.10. The number of anilines is 2. The lowest BCUT2D eigenvalue weighted by Gasteiger charge is -2.16. The van der Waals surface area contributed by atoms with Gasteiger partial charge in [-0.25, -0.2) is 0 Å². The van der Waals surface area contributed by atoms with Crippen molar-refractivity contribution in [3.8, 4) is 0 Å². The maximum atomic E-state index is 11.6. The highest BCUT2D eigenvalue weighted by molar-refractivity contribution is 7.99. The van der Waals surface area contributed by atoms with Crippen molar-refractivity contribution in [2.75, 3.05) is 28.8 Å². The van der Waals surface area contributed by atoms with Gasteiger partial charge in [-0.15, -0.1) is 0 Å². The molecule has 96 valence electrons. The highest BCUT2D eigenvalue weighted by Crippen LogP contribution is 2.24. The van der Waals surface area contributed by atoms with Crippen molar-refractivity contribution in [3.05, 3.63) is 24.3 Å². The lowest BCUT2D eigenvalue weighted by atomic mass is 10.2. The number of nitrogens with one attached hydrogen (secondary N) is 1. The molecule has 0 unspecified atom stereocenters. The molecular weight excluding hydrogens is 248 g/mol. The Bertz CT molecular complexity index is 462. The van der Waals surface area contributed by atoms with Crippen molar-refractivity contribution >= 4 is 35.0 Å². The van der Waals surface area contributed by atoms with E-state index in [1.165, 1.54) is 11.8 Å². The minimum absolute atomic E-state index is 0.0209. The molecule has 18 heavy (non-hydrogen) atoms. The lowest BCUT2D eigenvalue weighted by Crippen LogP contribution is -2.23. The minimum Gasteiger partial charge on any atom is -0.325 e. The van der Waals surface area contributed by atoms with Crippen molar-refractivity contribution in [2.24, 2.45) is 0 Å². The van der Waals surface area contributed by atoms with E-state index in [-0.39, 0.29) is 11.8 Å². The van der Waals surface area contributed by atoms with E-state index >= 15 is 0 Å². The monoisotopic (exact) mass is 264 g/mol. The van der Waals surface area contributed by atoms with E-state index in [4.69, 9.17) is 0 Å². The first-order valence-corrected chi connectivity index (χ1v) is 7.29. The van der Waals surface area contributed by atoms with Crippen LogP contribution < -0.4 is 10.2 Å². The van der Waals surface area contributed by atoms with Crippen LogP contribution in [0.1, 0.15) is 12.8 Å². The van der Waals surface area contributed by atoms with Crippen molar-refractivity contribution < 1.29 is 9.59 Å². The molecule has 0 spiro atoms. The second kappa shape index (κ2) is 5.91. The van der Waals surface area contributed by atoms with Crippen LogP contribution in [0, 0.1) is 0 Å². The van der Waals surface area contributed by atoms with Gasteiger partial charge in [-0.1, -0.05) is 6.07 Å². The van der Waals surface area contributed by atoms with E-state index in [2.05, 4.69) is 5.32 Å². The standard InChI is InChI=1S/C13H16N2O2S/c1-18-9-12(16)14-10-4-2-5-11(8-10)15-7-3-6-13(15)17/h2,4-5,8H,3,6-7,9H2,1H3,(H,14,16). The molecule has 1 fully saturated rings. The van der Waals surface area contributed by atoms with Gasteiger partial charge in [0.05, 0.1) is 5.75 Å². The van der Waals surface area contributed by atoms with E-state index in [0.29, 0.717) is 12.2 Å². The molecule has 0 aliphatic carbocycles. The van der Waals surface area contributed by atoms with Gasteiger partial charge in [-0.3, -0.25) is 9.59 Å². The van der Waals surface area contributed by atoms with Crippen LogP contribution in [0.5, 0.6) is 0 Å². The summed E-state index contributed by atoms with van der Waals surface area (Å²) in [6, 6.07) is 7.44. The Hall–Kier alpha value is -1.49. The predicted molar refractivity (Wildman–Crippen MR) is 75.0 cm³/mol. The number of hydrogen-bond acceptors (Lipinski definition) is 3. The number of thioether (sulfide) groups is 1. The van der Waals surface area contributed by atoms with Gasteiger partial charge in [0.15, 0.2) is 0 Å². The Kier molecular flexibility index (Phi) is 4.25. The summed E-state index contributed by atoms with van der Waals surface area (Å²) < 4.78 is 0. The number of nitrogens with zero attached hydrogens (tertiary/aromatic N) is 1. The van der Waals surface area contributed by atoms with Gasteiger partial charge in [-0.2, -0.15) is 11.8 Å². The Labute approximate surface area is 111 Å². The second-order valence-electron chi connectivity index (χ2n) is 4.18. The van der Waals surface area contributed by atoms with Crippen LogP contribution >= 0.6 is 11.8 Å². The Morgan fingerprint density at radius 1 is 1.50 bits per heavy atom. The largest absolute Gasteiger partial charge is 0.325 e. The van der Waals surface area contributed by atoms with E-state index in [1.54, 1.807) is 4.90 Å². The summed E-state index contributed by atoms with van der Waals surface area (Å²) in [5.74, 6) is 0.572. The van der Waals surface area contributed by atoms with Gasteiger partial charge in [0.25, 0.3) is 0 Å². The molecule has 1 aromatic carbocycles. The van der Waals surface area contributed by atoms with Gasteiger partial charge < -0.3 is 10.2 Å². The summed E-state index contributed by atoms with van der Waals surface area (Å²) in [4.78, 5) is 24.9. The molecule has 0 bridgehead atoms. The molecule has 4 nitrogen and oxygen atoms in total. The molecule has 2 rings (SSSR count). The van der Waals surface area contributed by atoms with Crippen LogP contribution in [-0.2, 0) is 9.59 Å². The molecule has 1 aromatic rings. The summed E-state index contributed by atoms with van der Waals surface area (Å²) in [5.41, 5.74) is 1.60. The number of carbonyl (C=O) groups excluding carboxylic acids is 2. The fourth-order valence-electron chi connectivity index (χ4n) is 2.00. The first-order chi connectivity index (χ1) is 8.70. The minimum atomic E-state index is -0.0209. The third kappa shape index (κ3) is 3.04. The predicted octanol–water partition coefficient (Wildman–Crippen LogP) is 2.11. The summed E-state index contributed by atoms with van der Waals surface area (Å²) in [6.45, 7) is 0.765. The molecule has 1 N–H and O–H groups in total. The highest BCUT2D eigenvalue weighted by Gasteiger charge is 2.21. The van der Waals surface area contributed by atoms with Crippen LogP contribution in [0.2, 0.25) is 0 Å². The average Bonchev–Trinajstić information content (AvgIpc) is 2.76. The summed E-state index contributed by atoms with van der Waals surface area (Å²) in [5, 5.41) is 2.82. The topological polar surface area (TPSA) is 49.4 Å². The van der Waals surface area contributed by atoms with Crippen LogP contribution in [0.25, 0.3) is 0 Å². The Morgan fingerprint density at radius 3 is 3.00 bits per heavy atom. The van der Waals surface area contributed by atoms with Crippen LogP contribution in [0.15, 0.2) is 24.3 Å². The molecule has 2 amide bonds. The van der Waals surface area contributed by atoms with Crippen molar-refractivity contribution in [2.45, 2.75) is 12.8 Å². The zero-order chi connectivity index (χ0) is 13.0. The maximum absolute atomic E-state index is 11.6. The third-order valence-corrected chi connectivity index (χ3v) is 3.34. The number of hydrogen-bond donors (Lipinski definition) is 1. The number of amides is 2. The zero-order valence-corrected chi connectivity index (χ0v) is 11.1.